The lowest BCUT2D eigenvalue weighted by molar-refractivity contribution is -0.448. The molecule has 0 aromatic rings. The van der Waals surface area contributed by atoms with Gasteiger partial charge in [0.25, 0.3) is 0 Å². The van der Waals surface area contributed by atoms with Crippen LogP contribution in [-0.2, 0) is 0 Å². The summed E-state index contributed by atoms with van der Waals surface area (Å²) in [6.07, 6.45) is 12.8. The molecule has 76 valence electrons. The fraction of sp³-hybridized carbons (Fsp3) is 0.0833. The lowest BCUT2D eigenvalue weighted by Gasteiger charge is -2.20. The Labute approximate surface area is 87.9 Å². The second kappa shape index (κ2) is 3.61. The largest absolute Gasteiger partial charge is 0.270 e. The molecule has 0 unspecified atom stereocenters. The van der Waals surface area contributed by atoms with Crippen molar-refractivity contribution in [3.8, 4) is 0 Å². The lowest BCUT2D eigenvalue weighted by Crippen LogP contribution is -2.08. The van der Waals surface area contributed by atoms with Gasteiger partial charge in [0, 0.05) is 4.92 Å². The summed E-state index contributed by atoms with van der Waals surface area (Å²) in [7, 11) is 0. The van der Waals surface area contributed by atoms with E-state index in [1.165, 1.54) is 6.08 Å². The SMILES string of the molecule is CC1=C[C-]([N+](=O)[O-])C=CC1=C1C=CC=C1. The van der Waals surface area contributed by atoms with Gasteiger partial charge >= 0.3 is 0 Å². The normalized spacial score (nSPS) is 18.7. The van der Waals surface area contributed by atoms with Gasteiger partial charge in [-0.1, -0.05) is 43.4 Å². The minimum absolute atomic E-state index is 0.141. The molecule has 0 aromatic heterocycles. The smallest absolute Gasteiger partial charge is 0.163 e. The van der Waals surface area contributed by atoms with E-state index < -0.39 is 0 Å². The predicted molar refractivity (Wildman–Crippen MR) is 58.4 cm³/mol. The summed E-state index contributed by atoms with van der Waals surface area (Å²) in [4.78, 5) is 10.2. The van der Waals surface area contributed by atoms with E-state index in [2.05, 4.69) is 0 Å². The van der Waals surface area contributed by atoms with Gasteiger partial charge in [-0.25, -0.2) is 0 Å². The third kappa shape index (κ3) is 1.76. The molecule has 0 bridgehead atoms. The second-order valence-corrected chi connectivity index (χ2v) is 3.43. The minimum Gasteiger partial charge on any atom is -0.270 e. The average Bonchev–Trinajstić information content (AvgIpc) is 2.70. The topological polar surface area (TPSA) is 43.1 Å². The first-order valence-electron chi connectivity index (χ1n) is 4.65. The molecule has 0 aliphatic heterocycles. The van der Waals surface area contributed by atoms with E-state index in [0.717, 1.165) is 16.7 Å². The van der Waals surface area contributed by atoms with E-state index in [0.29, 0.717) is 0 Å². The molecule has 3 nitrogen and oxygen atoms in total. The van der Waals surface area contributed by atoms with Gasteiger partial charge in [-0.05, 0) is 5.57 Å². The molecule has 2 rings (SSSR count). The zero-order valence-corrected chi connectivity index (χ0v) is 8.31. The van der Waals surface area contributed by atoms with Crippen LogP contribution in [0.25, 0.3) is 0 Å². The minimum atomic E-state index is -0.373. The van der Waals surface area contributed by atoms with E-state index >= 15 is 0 Å². The van der Waals surface area contributed by atoms with Crippen molar-refractivity contribution in [1.82, 2.24) is 0 Å². The molecule has 15 heavy (non-hydrogen) atoms. The van der Waals surface area contributed by atoms with Crippen molar-refractivity contribution >= 4 is 0 Å². The summed E-state index contributed by atoms with van der Waals surface area (Å²) in [6.45, 7) is 1.88. The molecular formula is C12H10NO2-. The molecular weight excluding hydrogens is 190 g/mol. The van der Waals surface area contributed by atoms with Crippen molar-refractivity contribution in [3.05, 3.63) is 75.4 Å². The molecule has 0 fully saturated rings. The molecule has 0 amide bonds. The number of nitrogens with zero attached hydrogens (tertiary/aromatic N) is 1. The molecule has 2 aliphatic carbocycles. The molecule has 0 saturated carbocycles. The zero-order valence-electron chi connectivity index (χ0n) is 8.31. The summed E-state index contributed by atoms with van der Waals surface area (Å²) in [5, 5.41) is 10.6. The molecule has 3 heteroatoms. The highest BCUT2D eigenvalue weighted by atomic mass is 16.6. The maximum Gasteiger partial charge on any atom is 0.163 e. The highest BCUT2D eigenvalue weighted by Gasteiger charge is 2.11. The van der Waals surface area contributed by atoms with E-state index in [-0.39, 0.29) is 11.0 Å². The highest BCUT2D eigenvalue weighted by molar-refractivity contribution is 5.57. The van der Waals surface area contributed by atoms with Crippen molar-refractivity contribution in [1.29, 1.82) is 0 Å². The monoisotopic (exact) mass is 200 g/mol. The van der Waals surface area contributed by atoms with Crippen LogP contribution < -0.4 is 0 Å². The first kappa shape index (κ1) is 9.52. The van der Waals surface area contributed by atoms with Crippen LogP contribution in [0.15, 0.2) is 59.3 Å². The summed E-state index contributed by atoms with van der Waals surface area (Å²) in [6, 6.07) is 0.141. The second-order valence-electron chi connectivity index (χ2n) is 3.43. The maximum atomic E-state index is 10.6. The summed E-state index contributed by atoms with van der Waals surface area (Å²) < 4.78 is 0. The van der Waals surface area contributed by atoms with Crippen LogP contribution in [-0.4, -0.2) is 4.92 Å². The summed E-state index contributed by atoms with van der Waals surface area (Å²) >= 11 is 0. The standard InChI is InChI=1S/C12H10NO2/c1-9-8-11(13(14)15)6-7-12(9)10-4-2-3-5-10/h2-8H,1H3/q-1. The van der Waals surface area contributed by atoms with Gasteiger partial charge < -0.3 is 0 Å². The van der Waals surface area contributed by atoms with Crippen molar-refractivity contribution < 1.29 is 4.92 Å². The molecule has 0 heterocycles. The van der Waals surface area contributed by atoms with Gasteiger partial charge in [0.05, 0.1) is 0 Å². The Bertz CT molecular complexity index is 436. The number of rotatable bonds is 1. The van der Waals surface area contributed by atoms with Gasteiger partial charge in [0.2, 0.25) is 0 Å². The summed E-state index contributed by atoms with van der Waals surface area (Å²) in [5.41, 5.74) is 3.07. The fourth-order valence-electron chi connectivity index (χ4n) is 1.64. The molecule has 0 spiro atoms. The van der Waals surface area contributed by atoms with Crippen LogP contribution in [0.5, 0.6) is 0 Å². The van der Waals surface area contributed by atoms with E-state index in [9.17, 15) is 10.1 Å². The maximum absolute atomic E-state index is 10.6. The lowest BCUT2D eigenvalue weighted by atomic mass is 9.94. The van der Waals surface area contributed by atoms with Crippen molar-refractivity contribution in [2.45, 2.75) is 6.92 Å². The first-order valence-corrected chi connectivity index (χ1v) is 4.65. The molecule has 0 atom stereocenters. The van der Waals surface area contributed by atoms with Crippen LogP contribution >= 0.6 is 0 Å². The molecule has 0 N–H and O–H groups in total. The molecule has 2 aliphatic rings. The van der Waals surface area contributed by atoms with Crippen molar-refractivity contribution in [2.75, 3.05) is 0 Å². The Balaban J connectivity index is 2.35. The number of nitro groups is 1. The van der Waals surface area contributed by atoms with E-state index in [1.54, 1.807) is 12.2 Å². The van der Waals surface area contributed by atoms with E-state index in [1.807, 2.05) is 31.2 Å². The van der Waals surface area contributed by atoms with Crippen LogP contribution in [0.2, 0.25) is 0 Å². The van der Waals surface area contributed by atoms with Crippen molar-refractivity contribution in [3.63, 3.8) is 0 Å². The number of allylic oxidation sites excluding steroid dienone is 8. The summed E-state index contributed by atoms with van der Waals surface area (Å²) in [5.74, 6) is 0. The van der Waals surface area contributed by atoms with Crippen LogP contribution in [0.3, 0.4) is 0 Å². The van der Waals surface area contributed by atoms with Gasteiger partial charge in [0.15, 0.2) is 6.04 Å². The van der Waals surface area contributed by atoms with Gasteiger partial charge in [-0.15, -0.1) is 11.1 Å². The Hall–Kier alpha value is -2.03. The van der Waals surface area contributed by atoms with Crippen molar-refractivity contribution in [2.24, 2.45) is 0 Å². The Morgan fingerprint density at radius 2 is 1.93 bits per heavy atom. The zero-order chi connectivity index (χ0) is 10.8. The van der Waals surface area contributed by atoms with Crippen LogP contribution in [0.1, 0.15) is 6.92 Å². The number of hydrogen-bond acceptors (Lipinski definition) is 2. The van der Waals surface area contributed by atoms with Gasteiger partial charge in [-0.3, -0.25) is 10.1 Å². The van der Waals surface area contributed by atoms with Gasteiger partial charge in [-0.2, -0.15) is 6.08 Å². The fourth-order valence-corrected chi connectivity index (χ4v) is 1.64. The Morgan fingerprint density at radius 3 is 2.47 bits per heavy atom. The number of hydrogen-bond donors (Lipinski definition) is 0. The van der Waals surface area contributed by atoms with E-state index in [4.69, 9.17) is 0 Å². The van der Waals surface area contributed by atoms with Crippen LogP contribution in [0.4, 0.5) is 0 Å². The molecule has 0 saturated heterocycles. The molecule has 0 aromatic carbocycles. The van der Waals surface area contributed by atoms with Crippen LogP contribution in [0, 0.1) is 16.2 Å². The van der Waals surface area contributed by atoms with Gasteiger partial charge in [0.1, 0.15) is 0 Å². The Morgan fingerprint density at radius 1 is 1.27 bits per heavy atom. The first-order chi connectivity index (χ1) is 7.18. The third-order valence-corrected chi connectivity index (χ3v) is 2.39. The third-order valence-electron chi connectivity index (χ3n) is 2.39. The highest BCUT2D eigenvalue weighted by Crippen LogP contribution is 2.27. The average molecular weight is 200 g/mol. The molecule has 0 radical (unpaired) electrons. The Kier molecular flexibility index (Phi) is 2.29. The predicted octanol–water partition coefficient (Wildman–Crippen LogP) is 2.73. The quantitative estimate of drug-likeness (QED) is 0.371.